The maximum Gasteiger partial charge on any atom is 0.256 e. The van der Waals surface area contributed by atoms with E-state index in [0.717, 1.165) is 33.7 Å². The molecule has 114 valence electrons. The number of aromatic nitrogens is 1. The number of ether oxygens (including phenoxy) is 1. The van der Waals surface area contributed by atoms with Crippen molar-refractivity contribution < 1.29 is 9.15 Å². The summed E-state index contributed by atoms with van der Waals surface area (Å²) in [6, 6.07) is 8.32. The smallest absolute Gasteiger partial charge is 0.256 e. The Morgan fingerprint density at radius 2 is 2.10 bits per heavy atom. The minimum absolute atomic E-state index is 0.185. The van der Waals surface area contributed by atoms with E-state index in [0.29, 0.717) is 6.61 Å². The molecule has 1 N–H and O–H groups in total. The van der Waals surface area contributed by atoms with Crippen molar-refractivity contribution >= 4 is 11.8 Å². The topological polar surface area (TPSA) is 47.3 Å². The summed E-state index contributed by atoms with van der Waals surface area (Å²) in [5.41, 5.74) is 2.11. The van der Waals surface area contributed by atoms with Crippen LogP contribution in [-0.4, -0.2) is 24.4 Å². The number of nitrogens with zero attached hydrogens (tertiary/aromatic N) is 1. The summed E-state index contributed by atoms with van der Waals surface area (Å²) in [5.74, 6) is 2.65. The molecule has 0 bridgehead atoms. The van der Waals surface area contributed by atoms with E-state index >= 15 is 0 Å². The van der Waals surface area contributed by atoms with E-state index in [1.165, 1.54) is 0 Å². The van der Waals surface area contributed by atoms with Crippen LogP contribution in [0.15, 0.2) is 33.9 Å². The lowest BCUT2D eigenvalue weighted by Crippen LogP contribution is -2.19. The van der Waals surface area contributed by atoms with Crippen LogP contribution in [0.1, 0.15) is 30.0 Å². The van der Waals surface area contributed by atoms with Gasteiger partial charge >= 0.3 is 0 Å². The lowest BCUT2D eigenvalue weighted by atomic mass is 10.1. The highest BCUT2D eigenvalue weighted by atomic mass is 32.2. The molecule has 0 aliphatic heterocycles. The van der Waals surface area contributed by atoms with Crippen molar-refractivity contribution in [3.05, 3.63) is 41.3 Å². The average molecular weight is 306 g/mol. The van der Waals surface area contributed by atoms with Crippen LogP contribution in [0.4, 0.5) is 0 Å². The molecular formula is C16H22N2O2S. The van der Waals surface area contributed by atoms with Crippen LogP contribution in [0.2, 0.25) is 0 Å². The summed E-state index contributed by atoms with van der Waals surface area (Å²) >= 11 is 1.61. The van der Waals surface area contributed by atoms with Crippen LogP contribution < -0.4 is 10.1 Å². The predicted molar refractivity (Wildman–Crippen MR) is 86.1 cm³/mol. The van der Waals surface area contributed by atoms with E-state index in [1.54, 1.807) is 11.8 Å². The van der Waals surface area contributed by atoms with E-state index < -0.39 is 0 Å². The summed E-state index contributed by atoms with van der Waals surface area (Å²) < 4.78 is 11.3. The Kier molecular flexibility index (Phi) is 5.70. The molecule has 2 aromatic rings. The number of para-hydroxylation sites is 1. The molecule has 0 aliphatic rings. The number of oxazole rings is 1. The predicted octanol–water partition coefficient (Wildman–Crippen LogP) is 3.74. The van der Waals surface area contributed by atoms with Crippen molar-refractivity contribution in [2.75, 3.05) is 19.4 Å². The van der Waals surface area contributed by atoms with Gasteiger partial charge in [-0.3, -0.25) is 0 Å². The highest BCUT2D eigenvalue weighted by Crippen LogP contribution is 2.30. The van der Waals surface area contributed by atoms with Gasteiger partial charge in [0.15, 0.2) is 0 Å². The van der Waals surface area contributed by atoms with Gasteiger partial charge in [-0.15, -0.1) is 0 Å². The second kappa shape index (κ2) is 7.52. The lowest BCUT2D eigenvalue weighted by molar-refractivity contribution is 0.333. The Hall–Kier alpha value is -1.46. The molecule has 5 heteroatoms. The summed E-state index contributed by atoms with van der Waals surface area (Å²) in [5, 5.41) is 4.06. The summed E-state index contributed by atoms with van der Waals surface area (Å²) in [4.78, 5) is 4.41. The lowest BCUT2D eigenvalue weighted by Gasteiger charge is -2.19. The van der Waals surface area contributed by atoms with Crippen LogP contribution in [0.5, 0.6) is 5.75 Å². The normalized spacial score (nSPS) is 12.4. The standard InChI is InChI=1S/C16H22N2O2S/c1-5-19-15-9-7-6-8-13(15)14(17-4)10-21-16-18-11(2)12(3)20-16/h6-9,14,17H,5,10H2,1-4H3. The molecule has 1 unspecified atom stereocenters. The van der Waals surface area contributed by atoms with E-state index in [4.69, 9.17) is 9.15 Å². The van der Waals surface area contributed by atoms with Gasteiger partial charge in [-0.2, -0.15) is 0 Å². The van der Waals surface area contributed by atoms with Crippen molar-refractivity contribution in [3.8, 4) is 5.75 Å². The molecule has 0 fully saturated rings. The minimum atomic E-state index is 0.185. The van der Waals surface area contributed by atoms with Crippen molar-refractivity contribution in [1.82, 2.24) is 10.3 Å². The van der Waals surface area contributed by atoms with Gasteiger partial charge in [-0.25, -0.2) is 4.98 Å². The van der Waals surface area contributed by atoms with Gasteiger partial charge in [0.25, 0.3) is 5.22 Å². The maximum absolute atomic E-state index is 5.71. The molecule has 0 spiro atoms. The number of hydrogen-bond acceptors (Lipinski definition) is 5. The van der Waals surface area contributed by atoms with Gasteiger partial charge in [0, 0.05) is 17.4 Å². The number of nitrogens with one attached hydrogen (secondary N) is 1. The number of hydrogen-bond donors (Lipinski definition) is 1. The fourth-order valence-corrected chi connectivity index (χ4v) is 3.08. The second-order valence-corrected chi connectivity index (χ2v) is 5.72. The largest absolute Gasteiger partial charge is 0.494 e. The highest BCUT2D eigenvalue weighted by molar-refractivity contribution is 7.99. The van der Waals surface area contributed by atoms with Crippen LogP contribution >= 0.6 is 11.8 Å². The summed E-state index contributed by atoms with van der Waals surface area (Å²) in [6.45, 7) is 6.56. The van der Waals surface area contributed by atoms with Crippen LogP contribution in [0.3, 0.4) is 0 Å². The molecule has 2 rings (SSSR count). The van der Waals surface area contributed by atoms with Gasteiger partial charge in [0.2, 0.25) is 0 Å². The maximum atomic E-state index is 5.71. The fourth-order valence-electron chi connectivity index (χ4n) is 2.04. The SMILES string of the molecule is CCOc1ccccc1C(CSc1nc(C)c(C)o1)NC. The zero-order chi connectivity index (χ0) is 15.2. The Morgan fingerprint density at radius 3 is 2.71 bits per heavy atom. The Bertz CT molecular complexity index is 564. The third-order valence-electron chi connectivity index (χ3n) is 3.33. The van der Waals surface area contributed by atoms with Gasteiger partial charge in [-0.1, -0.05) is 30.0 Å². The van der Waals surface area contributed by atoms with E-state index in [2.05, 4.69) is 16.4 Å². The zero-order valence-corrected chi connectivity index (χ0v) is 13.8. The van der Waals surface area contributed by atoms with Crippen molar-refractivity contribution in [2.45, 2.75) is 32.0 Å². The molecule has 1 atom stereocenters. The van der Waals surface area contributed by atoms with E-state index in [1.807, 2.05) is 46.0 Å². The highest BCUT2D eigenvalue weighted by Gasteiger charge is 2.16. The van der Waals surface area contributed by atoms with Crippen molar-refractivity contribution in [2.24, 2.45) is 0 Å². The molecule has 0 radical (unpaired) electrons. The number of aryl methyl sites for hydroxylation is 2. The first-order valence-corrected chi connectivity index (χ1v) is 8.10. The zero-order valence-electron chi connectivity index (χ0n) is 13.0. The Balaban J connectivity index is 2.09. The van der Waals surface area contributed by atoms with Crippen molar-refractivity contribution in [1.29, 1.82) is 0 Å². The Labute approximate surface area is 130 Å². The van der Waals surface area contributed by atoms with Gasteiger partial charge in [0.05, 0.1) is 12.3 Å². The molecule has 1 aromatic heterocycles. The van der Waals surface area contributed by atoms with E-state index in [-0.39, 0.29) is 6.04 Å². The quantitative estimate of drug-likeness (QED) is 0.790. The Morgan fingerprint density at radius 1 is 1.33 bits per heavy atom. The number of benzene rings is 1. The number of thioether (sulfide) groups is 1. The third-order valence-corrected chi connectivity index (χ3v) is 4.25. The molecule has 0 amide bonds. The molecule has 1 aromatic carbocycles. The molecule has 4 nitrogen and oxygen atoms in total. The first kappa shape index (κ1) is 15.9. The van der Waals surface area contributed by atoms with E-state index in [9.17, 15) is 0 Å². The number of rotatable bonds is 7. The first-order chi connectivity index (χ1) is 10.2. The molecule has 0 saturated heterocycles. The monoisotopic (exact) mass is 306 g/mol. The molecule has 0 aliphatic carbocycles. The molecular weight excluding hydrogens is 284 g/mol. The molecule has 0 saturated carbocycles. The summed E-state index contributed by atoms with van der Waals surface area (Å²) in [7, 11) is 1.96. The van der Waals surface area contributed by atoms with Crippen molar-refractivity contribution in [3.63, 3.8) is 0 Å². The third kappa shape index (κ3) is 4.02. The summed E-state index contributed by atoms with van der Waals surface area (Å²) in [6.07, 6.45) is 0. The van der Waals surface area contributed by atoms with Crippen LogP contribution in [-0.2, 0) is 0 Å². The minimum Gasteiger partial charge on any atom is -0.494 e. The van der Waals surface area contributed by atoms with Gasteiger partial charge in [0.1, 0.15) is 11.5 Å². The van der Waals surface area contributed by atoms with Crippen LogP contribution in [0, 0.1) is 13.8 Å². The van der Waals surface area contributed by atoms with Crippen LogP contribution in [0.25, 0.3) is 0 Å². The van der Waals surface area contributed by atoms with Gasteiger partial charge in [-0.05, 0) is 33.9 Å². The van der Waals surface area contributed by atoms with Gasteiger partial charge < -0.3 is 14.5 Å². The molecule has 21 heavy (non-hydrogen) atoms. The second-order valence-electron chi connectivity index (χ2n) is 4.74. The molecule has 1 heterocycles. The average Bonchev–Trinajstić information content (AvgIpc) is 2.80. The first-order valence-electron chi connectivity index (χ1n) is 7.11. The fraction of sp³-hybridized carbons (Fsp3) is 0.438.